The molecule has 1 aromatic carbocycles. The number of carbonyl (C=O) groups excluding carboxylic acids is 1. The first-order chi connectivity index (χ1) is 6.15. The lowest BCUT2D eigenvalue weighted by Gasteiger charge is -2.02. The average molecular weight is 306 g/mol. The summed E-state index contributed by atoms with van der Waals surface area (Å²) < 4.78 is 0. The molecule has 0 aliphatic heterocycles. The monoisotopic (exact) mass is 304 g/mol. The Bertz CT molecular complexity index is 290. The molecule has 0 N–H and O–H groups in total. The second-order valence-corrected chi connectivity index (χ2v) is 4.75. The Morgan fingerprint density at radius 2 is 1.92 bits per heavy atom. The second-order valence-electron chi connectivity index (χ2n) is 2.81. The van der Waals surface area contributed by atoms with Crippen LogP contribution in [-0.4, -0.2) is 10.6 Å². The molecule has 0 aliphatic carbocycles. The molecule has 0 aromatic heterocycles. The van der Waals surface area contributed by atoms with Gasteiger partial charge in [-0.25, -0.2) is 0 Å². The number of hydrogen-bond acceptors (Lipinski definition) is 1. The summed E-state index contributed by atoms with van der Waals surface area (Å²) >= 11 is 6.61. The van der Waals surface area contributed by atoms with Gasteiger partial charge in [0.15, 0.2) is 5.78 Å². The van der Waals surface area contributed by atoms with Crippen molar-refractivity contribution >= 4 is 37.6 Å². The topological polar surface area (TPSA) is 17.1 Å². The summed E-state index contributed by atoms with van der Waals surface area (Å²) in [6.07, 6.45) is 0. The molecule has 13 heavy (non-hydrogen) atoms. The molecule has 0 heterocycles. The number of carbonyl (C=O) groups is 1. The third-order valence-electron chi connectivity index (χ3n) is 1.75. The van der Waals surface area contributed by atoms with Gasteiger partial charge in [-0.2, -0.15) is 0 Å². The summed E-state index contributed by atoms with van der Waals surface area (Å²) in [5, 5.41) is 0.825. The molecule has 0 aliphatic rings. The van der Waals surface area contributed by atoms with E-state index in [1.807, 2.05) is 31.2 Å². The van der Waals surface area contributed by atoms with Gasteiger partial charge in [-0.3, -0.25) is 4.79 Å². The van der Waals surface area contributed by atoms with E-state index < -0.39 is 0 Å². The van der Waals surface area contributed by atoms with Gasteiger partial charge in [-0.05, 0) is 12.5 Å². The van der Waals surface area contributed by atoms with Gasteiger partial charge in [-0.1, -0.05) is 56.1 Å². The minimum absolute atomic E-state index is 0.109. The van der Waals surface area contributed by atoms with Gasteiger partial charge in [0.2, 0.25) is 0 Å². The van der Waals surface area contributed by atoms with E-state index in [-0.39, 0.29) is 10.6 Å². The number of ketones is 1. The molecule has 0 bridgehead atoms. The Morgan fingerprint density at radius 1 is 1.38 bits per heavy atom. The zero-order chi connectivity index (χ0) is 9.84. The maximum absolute atomic E-state index is 11.5. The maximum Gasteiger partial charge on any atom is 0.176 e. The SMILES string of the molecule is C[C@H](Br)C(=O)c1ccc(CBr)cc1. The molecule has 0 saturated carbocycles. The molecule has 1 rings (SSSR count). The Hall–Kier alpha value is -0.150. The summed E-state index contributed by atoms with van der Waals surface area (Å²) in [5.41, 5.74) is 1.94. The van der Waals surface area contributed by atoms with E-state index >= 15 is 0 Å². The molecule has 1 atom stereocenters. The summed E-state index contributed by atoms with van der Waals surface area (Å²) in [4.78, 5) is 11.4. The zero-order valence-corrected chi connectivity index (χ0v) is 10.4. The Balaban J connectivity index is 2.86. The minimum atomic E-state index is -0.109. The highest BCUT2D eigenvalue weighted by Crippen LogP contribution is 2.12. The van der Waals surface area contributed by atoms with E-state index in [2.05, 4.69) is 31.9 Å². The second kappa shape index (κ2) is 4.91. The van der Waals surface area contributed by atoms with E-state index in [0.29, 0.717) is 0 Å². The van der Waals surface area contributed by atoms with Crippen molar-refractivity contribution in [2.45, 2.75) is 17.1 Å². The summed E-state index contributed by atoms with van der Waals surface area (Å²) in [5.74, 6) is 0.126. The lowest BCUT2D eigenvalue weighted by Crippen LogP contribution is -2.09. The first-order valence-electron chi connectivity index (χ1n) is 3.98. The summed E-state index contributed by atoms with van der Waals surface area (Å²) in [6, 6.07) is 7.63. The van der Waals surface area contributed by atoms with Gasteiger partial charge in [0, 0.05) is 10.9 Å². The smallest absolute Gasteiger partial charge is 0.176 e. The fourth-order valence-electron chi connectivity index (χ4n) is 0.988. The molecule has 0 unspecified atom stereocenters. The molecule has 0 spiro atoms. The largest absolute Gasteiger partial charge is 0.293 e. The molecule has 70 valence electrons. The Labute approximate surface area is 94.8 Å². The molecule has 1 nitrogen and oxygen atoms in total. The van der Waals surface area contributed by atoms with Crippen LogP contribution in [-0.2, 0) is 5.33 Å². The normalized spacial score (nSPS) is 12.5. The van der Waals surface area contributed by atoms with Gasteiger partial charge >= 0.3 is 0 Å². The van der Waals surface area contributed by atoms with Crippen molar-refractivity contribution in [3.63, 3.8) is 0 Å². The molecule has 1 aromatic rings. The zero-order valence-electron chi connectivity index (χ0n) is 7.26. The van der Waals surface area contributed by atoms with Crippen LogP contribution in [0.4, 0.5) is 0 Å². The van der Waals surface area contributed by atoms with Crippen LogP contribution in [0.5, 0.6) is 0 Å². The fourth-order valence-corrected chi connectivity index (χ4v) is 1.63. The average Bonchev–Trinajstić information content (AvgIpc) is 2.17. The van der Waals surface area contributed by atoms with Crippen LogP contribution in [0, 0.1) is 0 Å². The van der Waals surface area contributed by atoms with Crippen molar-refractivity contribution in [3.05, 3.63) is 35.4 Å². The van der Waals surface area contributed by atoms with Gasteiger partial charge < -0.3 is 0 Å². The quantitative estimate of drug-likeness (QED) is 0.616. The van der Waals surface area contributed by atoms with Crippen LogP contribution in [0.15, 0.2) is 24.3 Å². The Morgan fingerprint density at radius 3 is 2.31 bits per heavy atom. The van der Waals surface area contributed by atoms with Crippen LogP contribution < -0.4 is 0 Å². The fraction of sp³-hybridized carbons (Fsp3) is 0.300. The standard InChI is InChI=1S/C10H10Br2O/c1-7(12)10(13)9-4-2-8(6-11)3-5-9/h2-5,7H,6H2,1H3/t7-/m0/s1. The van der Waals surface area contributed by atoms with Crippen molar-refractivity contribution in [2.24, 2.45) is 0 Å². The number of rotatable bonds is 3. The van der Waals surface area contributed by atoms with Crippen molar-refractivity contribution in [3.8, 4) is 0 Å². The van der Waals surface area contributed by atoms with Crippen molar-refractivity contribution < 1.29 is 4.79 Å². The van der Waals surface area contributed by atoms with Gasteiger partial charge in [0.1, 0.15) is 0 Å². The van der Waals surface area contributed by atoms with E-state index in [1.54, 1.807) is 0 Å². The van der Waals surface area contributed by atoms with E-state index in [4.69, 9.17) is 0 Å². The van der Waals surface area contributed by atoms with Crippen LogP contribution in [0.2, 0.25) is 0 Å². The molecule has 0 amide bonds. The predicted molar refractivity (Wildman–Crippen MR) is 61.8 cm³/mol. The van der Waals surface area contributed by atoms with Gasteiger partial charge in [-0.15, -0.1) is 0 Å². The van der Waals surface area contributed by atoms with E-state index in [0.717, 1.165) is 10.9 Å². The number of alkyl halides is 2. The van der Waals surface area contributed by atoms with Gasteiger partial charge in [0.05, 0.1) is 4.83 Å². The van der Waals surface area contributed by atoms with Crippen LogP contribution >= 0.6 is 31.9 Å². The number of benzene rings is 1. The molecular formula is C10H10Br2O. The predicted octanol–water partition coefficient (Wildman–Crippen LogP) is 3.55. The molecule has 0 saturated heterocycles. The van der Waals surface area contributed by atoms with E-state index in [9.17, 15) is 4.79 Å². The summed E-state index contributed by atoms with van der Waals surface area (Å²) in [6.45, 7) is 1.83. The summed E-state index contributed by atoms with van der Waals surface area (Å²) in [7, 11) is 0. The van der Waals surface area contributed by atoms with Crippen molar-refractivity contribution in [2.75, 3.05) is 0 Å². The minimum Gasteiger partial charge on any atom is -0.293 e. The van der Waals surface area contributed by atoms with Crippen LogP contribution in [0.25, 0.3) is 0 Å². The first kappa shape index (κ1) is 10.9. The molecule has 0 fully saturated rings. The van der Waals surface area contributed by atoms with Crippen molar-refractivity contribution in [1.29, 1.82) is 0 Å². The number of hydrogen-bond donors (Lipinski definition) is 0. The third kappa shape index (κ3) is 2.92. The highest BCUT2D eigenvalue weighted by Gasteiger charge is 2.10. The number of halogens is 2. The van der Waals surface area contributed by atoms with Crippen LogP contribution in [0.1, 0.15) is 22.8 Å². The maximum atomic E-state index is 11.5. The molecule has 0 radical (unpaired) electrons. The molecular weight excluding hydrogens is 296 g/mol. The Kier molecular flexibility index (Phi) is 4.13. The first-order valence-corrected chi connectivity index (χ1v) is 6.02. The molecule has 3 heteroatoms. The highest BCUT2D eigenvalue weighted by atomic mass is 79.9. The van der Waals surface area contributed by atoms with Crippen molar-refractivity contribution in [1.82, 2.24) is 0 Å². The van der Waals surface area contributed by atoms with Crippen LogP contribution in [0.3, 0.4) is 0 Å². The highest BCUT2D eigenvalue weighted by molar-refractivity contribution is 9.10. The lowest BCUT2D eigenvalue weighted by atomic mass is 10.1. The third-order valence-corrected chi connectivity index (χ3v) is 2.82. The number of Topliss-reactive ketones (excluding diaryl/α,β-unsaturated/α-hetero) is 1. The van der Waals surface area contributed by atoms with Gasteiger partial charge in [0.25, 0.3) is 0 Å². The lowest BCUT2D eigenvalue weighted by molar-refractivity contribution is 0.0996. The van der Waals surface area contributed by atoms with E-state index in [1.165, 1.54) is 5.56 Å².